The molecule has 0 aliphatic carbocycles. The zero-order chi connectivity index (χ0) is 20.1. The lowest BCUT2D eigenvalue weighted by molar-refractivity contribution is -0.706. The number of benzene rings is 2. The summed E-state index contributed by atoms with van der Waals surface area (Å²) in [5.41, 5.74) is 0.534. The van der Waals surface area contributed by atoms with Crippen LogP contribution in [-0.2, 0) is 11.0 Å². The van der Waals surface area contributed by atoms with Gasteiger partial charge in [-0.25, -0.2) is 0 Å². The number of carbonyl (C=O) groups excluding carboxylic acids is 1. The van der Waals surface area contributed by atoms with Gasteiger partial charge in [-0.3, -0.25) is 4.79 Å². The highest BCUT2D eigenvalue weighted by Gasteiger charge is 2.30. The Morgan fingerprint density at radius 3 is 2.25 bits per heavy atom. The molecular weight excluding hydrogens is 369 g/mol. The summed E-state index contributed by atoms with van der Waals surface area (Å²) < 4.78 is 43.5. The van der Waals surface area contributed by atoms with Gasteiger partial charge in [-0.05, 0) is 43.3 Å². The number of rotatable bonds is 6. The minimum Gasteiger partial charge on any atom is -0.463 e. The summed E-state index contributed by atoms with van der Waals surface area (Å²) in [6, 6.07) is 16.9. The lowest BCUT2D eigenvalue weighted by Crippen LogP contribution is -2.92. The van der Waals surface area contributed by atoms with E-state index in [2.05, 4.69) is 5.32 Å². The Hall–Kier alpha value is -3.06. The lowest BCUT2D eigenvalue weighted by Gasteiger charge is -2.19. The monoisotopic (exact) mass is 389 g/mol. The molecule has 1 aromatic heterocycles. The third-order valence-electron chi connectivity index (χ3n) is 4.38. The van der Waals surface area contributed by atoms with Crippen LogP contribution >= 0.6 is 0 Å². The van der Waals surface area contributed by atoms with Crippen LogP contribution in [0.1, 0.15) is 29.9 Å². The summed E-state index contributed by atoms with van der Waals surface area (Å²) >= 11 is 0. The molecule has 0 bridgehead atoms. The highest BCUT2D eigenvalue weighted by atomic mass is 19.4. The van der Waals surface area contributed by atoms with Gasteiger partial charge in [0.2, 0.25) is 0 Å². The van der Waals surface area contributed by atoms with Crippen molar-refractivity contribution in [1.82, 2.24) is 0 Å². The number of furan rings is 1. The number of quaternary nitrogens is 1. The van der Waals surface area contributed by atoms with E-state index in [-0.39, 0.29) is 11.9 Å². The minimum atomic E-state index is -4.41. The number of carbonyl (C=O) groups is 1. The van der Waals surface area contributed by atoms with Crippen LogP contribution in [0.4, 0.5) is 18.9 Å². The van der Waals surface area contributed by atoms with E-state index in [4.69, 9.17) is 4.42 Å². The molecule has 0 fully saturated rings. The van der Waals surface area contributed by atoms with Gasteiger partial charge in [0.05, 0.1) is 11.8 Å². The molecule has 7 heteroatoms. The number of amides is 1. The van der Waals surface area contributed by atoms with Crippen LogP contribution in [-0.4, -0.2) is 11.9 Å². The highest BCUT2D eigenvalue weighted by molar-refractivity contribution is 5.93. The molecule has 3 N–H and O–H groups in total. The van der Waals surface area contributed by atoms with Crippen molar-refractivity contribution in [2.24, 2.45) is 0 Å². The fourth-order valence-corrected chi connectivity index (χ4v) is 2.87. The van der Waals surface area contributed by atoms with Crippen molar-refractivity contribution in [2.45, 2.75) is 25.2 Å². The Kier molecular flexibility index (Phi) is 5.84. The van der Waals surface area contributed by atoms with Crippen molar-refractivity contribution in [1.29, 1.82) is 0 Å². The molecule has 4 nitrogen and oxygen atoms in total. The molecule has 0 unspecified atom stereocenters. The number of anilines is 1. The summed E-state index contributed by atoms with van der Waals surface area (Å²) in [5, 5.41) is 4.51. The molecule has 0 saturated heterocycles. The average Bonchev–Trinajstić information content (AvgIpc) is 3.20. The van der Waals surface area contributed by atoms with Gasteiger partial charge in [0, 0.05) is 11.3 Å². The first-order valence-electron chi connectivity index (χ1n) is 8.76. The number of nitrogens with one attached hydrogen (secondary N) is 1. The van der Waals surface area contributed by atoms with E-state index in [0.29, 0.717) is 11.4 Å². The molecule has 28 heavy (non-hydrogen) atoms. The predicted octanol–water partition coefficient (Wildman–Crippen LogP) is 3.98. The molecule has 0 radical (unpaired) electrons. The zero-order valence-corrected chi connectivity index (χ0v) is 15.1. The SMILES string of the molecule is C[C@H]([NH2+][C@@H](c1ccccc1)c1ccco1)C(=O)Nc1ccc(C(F)(F)F)cc1. The zero-order valence-electron chi connectivity index (χ0n) is 15.1. The van der Waals surface area contributed by atoms with E-state index in [1.54, 1.807) is 19.3 Å². The van der Waals surface area contributed by atoms with Crippen LogP contribution in [0.2, 0.25) is 0 Å². The Morgan fingerprint density at radius 1 is 1.00 bits per heavy atom. The van der Waals surface area contributed by atoms with E-state index >= 15 is 0 Å². The van der Waals surface area contributed by atoms with Crippen LogP contribution in [0, 0.1) is 0 Å². The minimum absolute atomic E-state index is 0.218. The maximum absolute atomic E-state index is 12.6. The van der Waals surface area contributed by atoms with Gasteiger partial charge in [0.1, 0.15) is 0 Å². The smallest absolute Gasteiger partial charge is 0.416 e. The lowest BCUT2D eigenvalue weighted by atomic mass is 10.0. The molecule has 2 aromatic carbocycles. The standard InChI is InChI=1S/C21H19F3N2O2/c1-14(20(27)26-17-11-9-16(10-12-17)21(22,23)24)25-19(18-8-5-13-28-18)15-6-3-2-4-7-15/h2-14,19,25H,1H3,(H,26,27)/p+1/t14-,19-/m0/s1. The topological polar surface area (TPSA) is 58.9 Å². The van der Waals surface area contributed by atoms with Crippen LogP contribution in [0.15, 0.2) is 77.4 Å². The fraction of sp³-hybridized carbons (Fsp3) is 0.190. The molecule has 3 aromatic rings. The van der Waals surface area contributed by atoms with Crippen molar-refractivity contribution in [3.8, 4) is 0 Å². The molecule has 1 amide bonds. The van der Waals surface area contributed by atoms with Gasteiger partial charge in [-0.2, -0.15) is 13.2 Å². The molecule has 0 spiro atoms. The largest absolute Gasteiger partial charge is 0.463 e. The molecule has 0 saturated carbocycles. The van der Waals surface area contributed by atoms with Crippen LogP contribution in [0.5, 0.6) is 0 Å². The molecule has 1 heterocycles. The van der Waals surface area contributed by atoms with Crippen LogP contribution in [0.25, 0.3) is 0 Å². The van der Waals surface area contributed by atoms with E-state index < -0.39 is 17.8 Å². The summed E-state index contributed by atoms with van der Waals surface area (Å²) in [6.45, 7) is 1.73. The first kappa shape index (κ1) is 19.7. The number of hydrogen-bond donors (Lipinski definition) is 2. The summed E-state index contributed by atoms with van der Waals surface area (Å²) in [4.78, 5) is 12.5. The van der Waals surface area contributed by atoms with Gasteiger partial charge < -0.3 is 15.1 Å². The number of halogens is 3. The predicted molar refractivity (Wildman–Crippen MR) is 98.5 cm³/mol. The fourth-order valence-electron chi connectivity index (χ4n) is 2.87. The Morgan fingerprint density at radius 2 is 1.68 bits per heavy atom. The number of hydrogen-bond acceptors (Lipinski definition) is 2. The van der Waals surface area contributed by atoms with Gasteiger partial charge >= 0.3 is 6.18 Å². The van der Waals surface area contributed by atoms with Gasteiger partial charge in [-0.15, -0.1) is 0 Å². The van der Waals surface area contributed by atoms with Crippen molar-refractivity contribution >= 4 is 11.6 Å². The Bertz CT molecular complexity index is 892. The second-order valence-electron chi connectivity index (χ2n) is 6.45. The third-order valence-corrected chi connectivity index (χ3v) is 4.38. The quantitative estimate of drug-likeness (QED) is 0.670. The molecule has 2 atom stereocenters. The maximum Gasteiger partial charge on any atom is 0.416 e. The van der Waals surface area contributed by atoms with E-state index in [1.165, 1.54) is 12.1 Å². The Balaban J connectivity index is 1.70. The first-order chi connectivity index (χ1) is 13.3. The van der Waals surface area contributed by atoms with Crippen molar-refractivity contribution in [2.75, 3.05) is 5.32 Å². The van der Waals surface area contributed by atoms with Crippen LogP contribution in [0.3, 0.4) is 0 Å². The van der Waals surface area contributed by atoms with Crippen molar-refractivity contribution in [3.05, 3.63) is 89.9 Å². The molecular formula is C21H20F3N2O2+. The highest BCUT2D eigenvalue weighted by Crippen LogP contribution is 2.29. The second-order valence-corrected chi connectivity index (χ2v) is 6.45. The van der Waals surface area contributed by atoms with E-state index in [9.17, 15) is 18.0 Å². The van der Waals surface area contributed by atoms with Gasteiger partial charge in [-0.1, -0.05) is 30.3 Å². The maximum atomic E-state index is 12.6. The summed E-state index contributed by atoms with van der Waals surface area (Å²) in [5.74, 6) is 0.396. The molecule has 3 rings (SSSR count). The molecule has 0 aliphatic rings. The van der Waals surface area contributed by atoms with Crippen LogP contribution < -0.4 is 10.6 Å². The number of nitrogens with two attached hydrogens (primary N) is 1. The average molecular weight is 389 g/mol. The third kappa shape index (κ3) is 4.80. The Labute approximate surface area is 160 Å². The summed E-state index contributed by atoms with van der Waals surface area (Å²) in [7, 11) is 0. The van der Waals surface area contributed by atoms with Crippen molar-refractivity contribution in [3.63, 3.8) is 0 Å². The first-order valence-corrected chi connectivity index (χ1v) is 8.76. The molecule has 0 aliphatic heterocycles. The molecule has 146 valence electrons. The van der Waals surface area contributed by atoms with E-state index in [0.717, 1.165) is 17.7 Å². The second kappa shape index (κ2) is 8.31. The van der Waals surface area contributed by atoms with E-state index in [1.807, 2.05) is 41.7 Å². The summed E-state index contributed by atoms with van der Waals surface area (Å²) in [6.07, 6.45) is -2.83. The van der Waals surface area contributed by atoms with Crippen molar-refractivity contribution < 1.29 is 27.7 Å². The van der Waals surface area contributed by atoms with Gasteiger partial charge in [0.25, 0.3) is 5.91 Å². The van der Waals surface area contributed by atoms with Gasteiger partial charge in [0.15, 0.2) is 17.8 Å². The number of alkyl halides is 3. The normalized spacial score (nSPS) is 13.7.